The lowest BCUT2D eigenvalue weighted by Gasteiger charge is -2.02. The fourth-order valence-corrected chi connectivity index (χ4v) is 0.845. The number of aromatic nitrogens is 2. The van der Waals surface area contributed by atoms with E-state index in [4.69, 9.17) is 17.3 Å². The summed E-state index contributed by atoms with van der Waals surface area (Å²) >= 11 is 5.55. The number of carbonyl (C=O) groups is 1. The number of amides is 1. The summed E-state index contributed by atoms with van der Waals surface area (Å²) in [6.45, 7) is 0. The third-order valence-electron chi connectivity index (χ3n) is 1.13. The maximum Gasteiger partial charge on any atom is 0.412 e. The topological polar surface area (TPSA) is 90.1 Å². The Bertz CT molecular complexity index is 310. The number of methoxy groups -OCH3 is 1. The predicted molar refractivity (Wildman–Crippen MR) is 47.5 cm³/mol. The van der Waals surface area contributed by atoms with Crippen molar-refractivity contribution in [1.29, 1.82) is 0 Å². The van der Waals surface area contributed by atoms with Crippen LogP contribution >= 0.6 is 11.6 Å². The first-order valence-electron chi connectivity index (χ1n) is 3.27. The second kappa shape index (κ2) is 3.90. The highest BCUT2D eigenvalue weighted by Gasteiger charge is 2.04. The van der Waals surface area contributed by atoms with E-state index in [9.17, 15) is 4.79 Å². The van der Waals surface area contributed by atoms with Crippen LogP contribution in [0.25, 0.3) is 0 Å². The average molecular weight is 203 g/mol. The van der Waals surface area contributed by atoms with E-state index in [0.29, 0.717) is 0 Å². The van der Waals surface area contributed by atoms with Crippen LogP contribution in [0.1, 0.15) is 0 Å². The summed E-state index contributed by atoms with van der Waals surface area (Å²) in [4.78, 5) is 18.0. The molecule has 0 aliphatic rings. The first-order chi connectivity index (χ1) is 6.11. The molecule has 13 heavy (non-hydrogen) atoms. The lowest BCUT2D eigenvalue weighted by atomic mass is 10.6. The minimum atomic E-state index is -0.644. The molecule has 1 rings (SSSR count). The number of rotatable bonds is 1. The second-order valence-electron chi connectivity index (χ2n) is 2.05. The van der Waals surface area contributed by atoms with Gasteiger partial charge in [0.15, 0.2) is 0 Å². The Morgan fingerprint density at radius 1 is 1.69 bits per heavy atom. The summed E-state index contributed by atoms with van der Waals surface area (Å²) in [5.74, 6) is 0.184. The van der Waals surface area contributed by atoms with Crippen LogP contribution in [0.5, 0.6) is 0 Å². The van der Waals surface area contributed by atoms with Crippen LogP contribution < -0.4 is 11.1 Å². The molecular formula is C6H7ClN4O2. The van der Waals surface area contributed by atoms with Crippen LogP contribution in [0.2, 0.25) is 5.15 Å². The fraction of sp³-hybridized carbons (Fsp3) is 0.167. The normalized spacial score (nSPS) is 9.38. The van der Waals surface area contributed by atoms with Crippen molar-refractivity contribution in [2.24, 2.45) is 0 Å². The van der Waals surface area contributed by atoms with Gasteiger partial charge in [0, 0.05) is 6.07 Å². The van der Waals surface area contributed by atoms with Gasteiger partial charge in [0.1, 0.15) is 11.0 Å². The molecule has 0 aromatic carbocycles. The van der Waals surface area contributed by atoms with E-state index in [1.807, 2.05) is 0 Å². The smallest absolute Gasteiger partial charge is 0.412 e. The summed E-state index contributed by atoms with van der Waals surface area (Å²) < 4.78 is 4.34. The number of hydrogen-bond donors (Lipinski definition) is 2. The van der Waals surface area contributed by atoms with E-state index in [1.165, 1.54) is 13.2 Å². The zero-order valence-corrected chi connectivity index (χ0v) is 7.50. The van der Waals surface area contributed by atoms with Crippen LogP contribution in [-0.4, -0.2) is 23.2 Å². The molecule has 70 valence electrons. The van der Waals surface area contributed by atoms with Crippen molar-refractivity contribution in [3.05, 3.63) is 11.2 Å². The molecule has 6 nitrogen and oxygen atoms in total. The van der Waals surface area contributed by atoms with Crippen LogP contribution in [0.4, 0.5) is 16.6 Å². The minimum absolute atomic E-state index is 0.0149. The first-order valence-corrected chi connectivity index (χ1v) is 3.64. The molecule has 1 heterocycles. The quantitative estimate of drug-likeness (QED) is 0.660. The zero-order chi connectivity index (χ0) is 9.84. The third-order valence-corrected chi connectivity index (χ3v) is 1.32. The van der Waals surface area contributed by atoms with Gasteiger partial charge < -0.3 is 10.5 Å². The summed E-state index contributed by atoms with van der Waals surface area (Å²) in [5.41, 5.74) is 5.28. The molecule has 0 bridgehead atoms. The largest absolute Gasteiger partial charge is 0.453 e. The molecule has 1 aromatic heterocycles. The van der Waals surface area contributed by atoms with Gasteiger partial charge in [-0.1, -0.05) is 11.6 Å². The van der Waals surface area contributed by atoms with Gasteiger partial charge in [0.05, 0.1) is 7.11 Å². The van der Waals surface area contributed by atoms with Gasteiger partial charge in [-0.25, -0.2) is 9.78 Å². The highest BCUT2D eigenvalue weighted by Crippen LogP contribution is 2.12. The number of hydrogen-bond acceptors (Lipinski definition) is 5. The van der Waals surface area contributed by atoms with Gasteiger partial charge >= 0.3 is 6.09 Å². The Morgan fingerprint density at radius 3 is 2.92 bits per heavy atom. The molecule has 7 heteroatoms. The molecule has 0 aliphatic heterocycles. The molecule has 0 unspecified atom stereocenters. The van der Waals surface area contributed by atoms with Crippen molar-refractivity contribution in [3.8, 4) is 0 Å². The Morgan fingerprint density at radius 2 is 2.38 bits per heavy atom. The number of nitrogens with two attached hydrogens (primary N) is 1. The van der Waals surface area contributed by atoms with Gasteiger partial charge in [-0.2, -0.15) is 4.98 Å². The van der Waals surface area contributed by atoms with E-state index < -0.39 is 6.09 Å². The lowest BCUT2D eigenvalue weighted by molar-refractivity contribution is 0.187. The second-order valence-corrected chi connectivity index (χ2v) is 2.44. The van der Waals surface area contributed by atoms with Crippen molar-refractivity contribution in [3.63, 3.8) is 0 Å². The van der Waals surface area contributed by atoms with Crippen molar-refractivity contribution in [2.45, 2.75) is 0 Å². The molecule has 1 aromatic rings. The number of ether oxygens (including phenoxy) is 1. The standard InChI is InChI=1S/C6H7ClN4O2/c1-13-6(12)11-4-2-3(7)9-5(8)10-4/h2H,1H3,(H3,8,9,10,11,12). The van der Waals surface area contributed by atoms with E-state index in [0.717, 1.165) is 0 Å². The highest BCUT2D eigenvalue weighted by molar-refractivity contribution is 6.29. The summed E-state index contributed by atoms with van der Waals surface area (Å²) in [7, 11) is 1.24. The van der Waals surface area contributed by atoms with Crippen LogP contribution in [0, 0.1) is 0 Å². The van der Waals surface area contributed by atoms with Gasteiger partial charge in [-0.05, 0) is 0 Å². The van der Waals surface area contributed by atoms with E-state index in [2.05, 4.69) is 20.0 Å². The van der Waals surface area contributed by atoms with Crippen molar-refractivity contribution < 1.29 is 9.53 Å². The summed E-state index contributed by atoms with van der Waals surface area (Å²) in [6, 6.07) is 1.36. The number of carbonyl (C=O) groups excluding carboxylic acids is 1. The Hall–Kier alpha value is -1.56. The maximum absolute atomic E-state index is 10.7. The fourth-order valence-electron chi connectivity index (χ4n) is 0.655. The van der Waals surface area contributed by atoms with Crippen molar-refractivity contribution in [2.75, 3.05) is 18.2 Å². The third kappa shape index (κ3) is 2.75. The van der Waals surface area contributed by atoms with Crippen LogP contribution in [-0.2, 0) is 4.74 Å². The molecule has 0 saturated heterocycles. The number of halogens is 1. The SMILES string of the molecule is COC(=O)Nc1cc(Cl)nc(N)n1. The first kappa shape index (κ1) is 9.53. The van der Waals surface area contributed by atoms with E-state index >= 15 is 0 Å². The molecule has 0 atom stereocenters. The van der Waals surface area contributed by atoms with Gasteiger partial charge in [-0.15, -0.1) is 0 Å². The highest BCUT2D eigenvalue weighted by atomic mass is 35.5. The molecule has 0 spiro atoms. The van der Waals surface area contributed by atoms with E-state index in [-0.39, 0.29) is 16.9 Å². The number of anilines is 2. The van der Waals surface area contributed by atoms with Crippen LogP contribution in [0.3, 0.4) is 0 Å². The number of nitrogens with zero attached hydrogens (tertiary/aromatic N) is 2. The zero-order valence-electron chi connectivity index (χ0n) is 6.74. The van der Waals surface area contributed by atoms with E-state index in [1.54, 1.807) is 0 Å². The summed E-state index contributed by atoms with van der Waals surface area (Å²) in [5, 5.41) is 2.45. The Kier molecular flexibility index (Phi) is 2.86. The van der Waals surface area contributed by atoms with Crippen molar-refractivity contribution >= 4 is 29.5 Å². The molecule has 3 N–H and O–H groups in total. The molecule has 1 amide bonds. The van der Waals surface area contributed by atoms with Gasteiger partial charge in [0.25, 0.3) is 0 Å². The van der Waals surface area contributed by atoms with Crippen LogP contribution in [0.15, 0.2) is 6.07 Å². The minimum Gasteiger partial charge on any atom is -0.453 e. The molecule has 0 radical (unpaired) electrons. The molecule has 0 fully saturated rings. The number of nitrogens with one attached hydrogen (secondary N) is 1. The monoisotopic (exact) mass is 202 g/mol. The lowest BCUT2D eigenvalue weighted by Crippen LogP contribution is -2.13. The molecule has 0 saturated carbocycles. The predicted octanol–water partition coefficient (Wildman–Crippen LogP) is 0.890. The average Bonchev–Trinajstić information content (AvgIpc) is 2.02. The Balaban J connectivity index is 2.83. The van der Waals surface area contributed by atoms with Gasteiger partial charge in [-0.3, -0.25) is 5.32 Å². The Labute approximate surface area is 79.1 Å². The molecular weight excluding hydrogens is 196 g/mol. The van der Waals surface area contributed by atoms with Crippen molar-refractivity contribution in [1.82, 2.24) is 9.97 Å². The summed E-state index contributed by atoms with van der Waals surface area (Å²) in [6.07, 6.45) is -0.644. The number of nitrogen functional groups attached to an aromatic ring is 1. The molecule has 0 aliphatic carbocycles. The maximum atomic E-state index is 10.7. The van der Waals surface area contributed by atoms with Gasteiger partial charge in [0.2, 0.25) is 5.95 Å².